The first-order chi connectivity index (χ1) is 6.62. The smallest absolute Gasteiger partial charge is 0.330 e. The van der Waals surface area contributed by atoms with Crippen molar-refractivity contribution in [1.29, 1.82) is 0 Å². The Kier molecular flexibility index (Phi) is 12.2. The highest BCUT2D eigenvalue weighted by Crippen LogP contribution is 1.81. The first-order valence-electron chi connectivity index (χ1n) is 4.11. The highest BCUT2D eigenvalue weighted by atomic mass is 16.5. The Labute approximate surface area is 84.2 Å². The van der Waals surface area contributed by atoms with E-state index in [2.05, 4.69) is 22.6 Å². The molecule has 0 fully saturated rings. The van der Waals surface area contributed by atoms with Crippen molar-refractivity contribution in [3.8, 4) is 0 Å². The van der Waals surface area contributed by atoms with Gasteiger partial charge in [0.25, 0.3) is 0 Å². The Hall–Kier alpha value is -1.58. The number of carbonyl (C=O) groups excluding carboxylic acids is 2. The maximum absolute atomic E-state index is 10.2. The van der Waals surface area contributed by atoms with Crippen LogP contribution in [0.4, 0.5) is 0 Å². The van der Waals surface area contributed by atoms with E-state index in [4.69, 9.17) is 0 Å². The molecule has 0 saturated heterocycles. The number of methoxy groups -OCH3 is 1. The van der Waals surface area contributed by atoms with Crippen LogP contribution in [0, 0.1) is 0 Å². The molecule has 4 heteroatoms. The summed E-state index contributed by atoms with van der Waals surface area (Å²) in [6.45, 7) is 8.83. The summed E-state index contributed by atoms with van der Waals surface area (Å²) in [5.41, 5.74) is 0. The third-order valence-electron chi connectivity index (χ3n) is 0.983. The molecule has 0 aliphatic heterocycles. The van der Waals surface area contributed by atoms with Gasteiger partial charge in [0.15, 0.2) is 0 Å². The fourth-order valence-electron chi connectivity index (χ4n) is 0.345. The molecule has 0 N–H and O–H groups in total. The molecule has 0 aromatic heterocycles. The fourth-order valence-corrected chi connectivity index (χ4v) is 0.345. The largest absolute Gasteiger partial charge is 0.466 e. The predicted octanol–water partition coefficient (Wildman–Crippen LogP) is 1.47. The lowest BCUT2D eigenvalue weighted by Crippen LogP contribution is -1.99. The minimum Gasteiger partial charge on any atom is -0.466 e. The monoisotopic (exact) mass is 200 g/mol. The van der Waals surface area contributed by atoms with Crippen LogP contribution in [0.5, 0.6) is 0 Å². The van der Waals surface area contributed by atoms with Crippen molar-refractivity contribution in [2.24, 2.45) is 0 Å². The van der Waals surface area contributed by atoms with Gasteiger partial charge in [0, 0.05) is 12.2 Å². The summed E-state index contributed by atoms with van der Waals surface area (Å²) in [5, 5.41) is 0. The third kappa shape index (κ3) is 13.0. The van der Waals surface area contributed by atoms with Gasteiger partial charge in [-0.1, -0.05) is 20.1 Å². The second-order valence-electron chi connectivity index (χ2n) is 2.10. The standard InChI is InChI=1S/C6H10O2.C4H6O2/c1-3-5-8-6(7)4-2;1-3-4(5)6-2/h4H,2-3,5H2,1H3;3H,1H2,2H3. The molecule has 14 heavy (non-hydrogen) atoms. The molecule has 0 aliphatic carbocycles. The van der Waals surface area contributed by atoms with Crippen LogP contribution in [0.15, 0.2) is 25.3 Å². The predicted molar refractivity (Wildman–Crippen MR) is 53.7 cm³/mol. The lowest BCUT2D eigenvalue weighted by molar-refractivity contribution is -0.137. The van der Waals surface area contributed by atoms with E-state index in [-0.39, 0.29) is 5.97 Å². The molecule has 0 spiro atoms. The van der Waals surface area contributed by atoms with E-state index in [9.17, 15) is 9.59 Å². The normalized spacial score (nSPS) is 7.57. The van der Waals surface area contributed by atoms with Gasteiger partial charge >= 0.3 is 11.9 Å². The summed E-state index contributed by atoms with van der Waals surface area (Å²) < 4.78 is 8.73. The number of hydrogen-bond donors (Lipinski definition) is 0. The number of carbonyl (C=O) groups is 2. The summed E-state index contributed by atoms with van der Waals surface area (Å²) in [6.07, 6.45) is 3.13. The molecule has 0 bridgehead atoms. The third-order valence-corrected chi connectivity index (χ3v) is 0.983. The Balaban J connectivity index is 0. The molecule has 0 aromatic carbocycles. The van der Waals surface area contributed by atoms with Crippen LogP contribution in [-0.4, -0.2) is 25.7 Å². The second-order valence-corrected chi connectivity index (χ2v) is 2.10. The molecule has 0 aromatic rings. The second kappa shape index (κ2) is 11.4. The number of ether oxygens (including phenoxy) is 2. The van der Waals surface area contributed by atoms with Crippen molar-refractivity contribution in [3.63, 3.8) is 0 Å². The van der Waals surface area contributed by atoms with Crippen LogP contribution >= 0.6 is 0 Å². The summed E-state index contributed by atoms with van der Waals surface area (Å²) in [4.78, 5) is 20.1. The summed E-state index contributed by atoms with van der Waals surface area (Å²) >= 11 is 0. The SMILES string of the molecule is C=CC(=O)OC.C=CC(=O)OCCC. The van der Waals surface area contributed by atoms with E-state index in [0.717, 1.165) is 18.6 Å². The van der Waals surface area contributed by atoms with E-state index in [1.165, 1.54) is 7.11 Å². The van der Waals surface area contributed by atoms with Gasteiger partial charge < -0.3 is 9.47 Å². The molecule has 0 heterocycles. The van der Waals surface area contributed by atoms with Crippen molar-refractivity contribution >= 4 is 11.9 Å². The van der Waals surface area contributed by atoms with Gasteiger partial charge in [-0.05, 0) is 6.42 Å². The first-order valence-corrected chi connectivity index (χ1v) is 4.11. The van der Waals surface area contributed by atoms with Gasteiger partial charge in [0.1, 0.15) is 0 Å². The van der Waals surface area contributed by atoms with Crippen LogP contribution in [0.2, 0.25) is 0 Å². The quantitative estimate of drug-likeness (QED) is 0.509. The maximum Gasteiger partial charge on any atom is 0.330 e. The van der Waals surface area contributed by atoms with Crippen LogP contribution in [0.3, 0.4) is 0 Å². The van der Waals surface area contributed by atoms with Crippen molar-refractivity contribution in [3.05, 3.63) is 25.3 Å². The molecule has 0 rings (SSSR count). The summed E-state index contributed by atoms with van der Waals surface area (Å²) in [5.74, 6) is -0.734. The lowest BCUT2D eigenvalue weighted by atomic mass is 10.5. The molecular formula is C10H16O4. The van der Waals surface area contributed by atoms with Crippen molar-refractivity contribution in [2.45, 2.75) is 13.3 Å². The van der Waals surface area contributed by atoms with Crippen molar-refractivity contribution in [2.75, 3.05) is 13.7 Å². The van der Waals surface area contributed by atoms with Crippen LogP contribution in [0.1, 0.15) is 13.3 Å². The van der Waals surface area contributed by atoms with E-state index in [1.54, 1.807) is 0 Å². The van der Waals surface area contributed by atoms with Crippen LogP contribution in [0.25, 0.3) is 0 Å². The molecule has 80 valence electrons. The number of hydrogen-bond acceptors (Lipinski definition) is 4. The number of rotatable bonds is 4. The molecule has 4 nitrogen and oxygen atoms in total. The van der Waals surface area contributed by atoms with E-state index >= 15 is 0 Å². The summed E-state index contributed by atoms with van der Waals surface area (Å²) in [7, 11) is 1.31. The molecular weight excluding hydrogens is 184 g/mol. The minimum absolute atomic E-state index is 0.341. The first kappa shape index (κ1) is 14.9. The van der Waals surface area contributed by atoms with E-state index in [1.807, 2.05) is 6.92 Å². The zero-order valence-corrected chi connectivity index (χ0v) is 8.62. The topological polar surface area (TPSA) is 52.6 Å². The molecule has 0 radical (unpaired) electrons. The van der Waals surface area contributed by atoms with Gasteiger partial charge in [-0.3, -0.25) is 0 Å². The van der Waals surface area contributed by atoms with Gasteiger partial charge in [-0.15, -0.1) is 0 Å². The molecule has 0 aliphatic rings. The van der Waals surface area contributed by atoms with Crippen LogP contribution in [-0.2, 0) is 19.1 Å². The highest BCUT2D eigenvalue weighted by molar-refractivity contribution is 5.81. The lowest BCUT2D eigenvalue weighted by Gasteiger charge is -1.94. The summed E-state index contributed by atoms with van der Waals surface area (Å²) in [6, 6.07) is 0. The number of esters is 2. The van der Waals surface area contributed by atoms with E-state index in [0.29, 0.717) is 6.61 Å². The zero-order chi connectivity index (χ0) is 11.4. The maximum atomic E-state index is 10.2. The van der Waals surface area contributed by atoms with Gasteiger partial charge in [0.2, 0.25) is 0 Å². The Morgan fingerprint density at radius 3 is 1.93 bits per heavy atom. The van der Waals surface area contributed by atoms with Gasteiger partial charge in [0.05, 0.1) is 13.7 Å². The minimum atomic E-state index is -0.394. The Bertz CT molecular complexity index is 196. The van der Waals surface area contributed by atoms with E-state index < -0.39 is 5.97 Å². The Morgan fingerprint density at radius 2 is 1.71 bits per heavy atom. The molecule has 0 amide bonds. The molecule has 0 saturated carbocycles. The molecule has 0 unspecified atom stereocenters. The molecule has 0 atom stereocenters. The van der Waals surface area contributed by atoms with Crippen molar-refractivity contribution in [1.82, 2.24) is 0 Å². The fraction of sp³-hybridized carbons (Fsp3) is 0.400. The van der Waals surface area contributed by atoms with Crippen LogP contribution < -0.4 is 0 Å². The van der Waals surface area contributed by atoms with Crippen molar-refractivity contribution < 1.29 is 19.1 Å². The average Bonchev–Trinajstić information content (AvgIpc) is 2.25. The average molecular weight is 200 g/mol. The zero-order valence-electron chi connectivity index (χ0n) is 8.62. The Morgan fingerprint density at radius 1 is 1.21 bits per heavy atom. The van der Waals surface area contributed by atoms with Gasteiger partial charge in [-0.2, -0.15) is 0 Å². The van der Waals surface area contributed by atoms with Gasteiger partial charge in [-0.25, -0.2) is 9.59 Å². The highest BCUT2D eigenvalue weighted by Gasteiger charge is 1.89.